The molecule has 0 radical (unpaired) electrons. The molecule has 1 aromatic heterocycles. The Balaban J connectivity index is 3.02. The maximum absolute atomic E-state index is 10.9. The molecule has 1 amide bonds. The van der Waals surface area contributed by atoms with Gasteiger partial charge >= 0.3 is 0 Å². The van der Waals surface area contributed by atoms with E-state index in [9.17, 15) is 4.79 Å². The maximum Gasteiger partial charge on any atom is 0.260 e. The van der Waals surface area contributed by atoms with E-state index in [1.807, 2.05) is 0 Å². The zero-order valence-electron chi connectivity index (χ0n) is 5.19. The van der Waals surface area contributed by atoms with Crippen LogP contribution in [0.5, 0.6) is 0 Å². The Morgan fingerprint density at radius 3 is 3.00 bits per heavy atom. The van der Waals surface area contributed by atoms with Crippen LogP contribution in [0, 0.1) is 0 Å². The van der Waals surface area contributed by atoms with Crippen LogP contribution in [0.2, 0.25) is 0 Å². The van der Waals surface area contributed by atoms with Gasteiger partial charge in [-0.25, -0.2) is 0 Å². The molecule has 1 rings (SSSR count). The van der Waals surface area contributed by atoms with E-state index in [4.69, 9.17) is 5.53 Å². The number of halogens is 1. The van der Waals surface area contributed by atoms with E-state index in [1.54, 1.807) is 11.4 Å². The van der Waals surface area contributed by atoms with Gasteiger partial charge in [0.05, 0.1) is 4.88 Å². The van der Waals surface area contributed by atoms with Gasteiger partial charge in [-0.05, 0) is 38.0 Å². The predicted molar refractivity (Wildman–Crippen MR) is 45.5 cm³/mol. The van der Waals surface area contributed by atoms with E-state index in [1.165, 1.54) is 11.3 Å². The summed E-state index contributed by atoms with van der Waals surface area (Å²) in [6, 6.07) is 1.73. The van der Waals surface area contributed by atoms with Crippen molar-refractivity contribution in [3.8, 4) is 0 Å². The summed E-state index contributed by atoms with van der Waals surface area (Å²) in [5, 5.41) is 4.69. The first-order chi connectivity index (χ1) is 5.25. The van der Waals surface area contributed by atoms with Gasteiger partial charge in [0, 0.05) is 9.38 Å². The third kappa shape index (κ3) is 1.80. The number of azide groups is 1. The molecule has 0 atom stereocenters. The SMILES string of the molecule is [N-]=[N+]=NC(=O)c1sccc1Br. The van der Waals surface area contributed by atoms with Crippen molar-refractivity contribution in [1.82, 2.24) is 0 Å². The summed E-state index contributed by atoms with van der Waals surface area (Å²) in [6.45, 7) is 0. The van der Waals surface area contributed by atoms with Crippen LogP contribution >= 0.6 is 27.3 Å². The first-order valence-corrected chi connectivity index (χ1v) is 4.25. The van der Waals surface area contributed by atoms with Crippen molar-refractivity contribution in [2.45, 2.75) is 0 Å². The van der Waals surface area contributed by atoms with Crippen molar-refractivity contribution < 1.29 is 4.79 Å². The van der Waals surface area contributed by atoms with Crippen LogP contribution in [-0.2, 0) is 0 Å². The highest BCUT2D eigenvalue weighted by atomic mass is 79.9. The summed E-state index contributed by atoms with van der Waals surface area (Å²) in [5.74, 6) is -0.547. The molecule has 0 aromatic carbocycles. The second-order valence-electron chi connectivity index (χ2n) is 1.59. The van der Waals surface area contributed by atoms with Crippen molar-refractivity contribution in [3.05, 3.63) is 31.2 Å². The molecule has 0 aliphatic carbocycles. The molecular formula is C5H2BrN3OS. The van der Waals surface area contributed by atoms with Crippen molar-refractivity contribution in [2.24, 2.45) is 5.11 Å². The molecule has 11 heavy (non-hydrogen) atoms. The fourth-order valence-electron chi connectivity index (χ4n) is 0.532. The van der Waals surface area contributed by atoms with Gasteiger partial charge in [-0.15, -0.1) is 11.3 Å². The van der Waals surface area contributed by atoms with Crippen LogP contribution in [0.1, 0.15) is 9.67 Å². The van der Waals surface area contributed by atoms with Crippen LogP contribution in [0.25, 0.3) is 10.4 Å². The van der Waals surface area contributed by atoms with E-state index in [0.717, 1.165) is 0 Å². The summed E-state index contributed by atoms with van der Waals surface area (Å²) >= 11 is 4.38. The molecular weight excluding hydrogens is 230 g/mol. The van der Waals surface area contributed by atoms with Crippen LogP contribution in [0.15, 0.2) is 21.0 Å². The van der Waals surface area contributed by atoms with Gasteiger partial charge in [-0.1, -0.05) is 0 Å². The Labute approximate surface area is 74.6 Å². The highest BCUT2D eigenvalue weighted by Gasteiger charge is 2.08. The molecule has 4 nitrogen and oxygen atoms in total. The zero-order valence-corrected chi connectivity index (χ0v) is 7.59. The van der Waals surface area contributed by atoms with Crippen LogP contribution < -0.4 is 0 Å². The summed E-state index contributed by atoms with van der Waals surface area (Å²) in [5.41, 5.74) is 7.95. The maximum atomic E-state index is 10.9. The first kappa shape index (κ1) is 8.26. The average Bonchev–Trinajstić information content (AvgIpc) is 2.36. The standard InChI is InChI=1S/C5H2BrN3OS/c6-3-1-2-11-4(3)5(10)8-9-7/h1-2H. The summed E-state index contributed by atoms with van der Waals surface area (Å²) in [7, 11) is 0. The third-order valence-electron chi connectivity index (χ3n) is 0.947. The lowest BCUT2D eigenvalue weighted by molar-refractivity contribution is 0.100. The molecule has 6 heteroatoms. The van der Waals surface area contributed by atoms with Gasteiger partial charge in [-0.2, -0.15) is 0 Å². The highest BCUT2D eigenvalue weighted by molar-refractivity contribution is 9.10. The molecule has 0 saturated carbocycles. The third-order valence-corrected chi connectivity index (χ3v) is 2.77. The smallest absolute Gasteiger partial charge is 0.260 e. The van der Waals surface area contributed by atoms with Gasteiger partial charge in [-0.3, -0.25) is 4.79 Å². The molecule has 0 aliphatic rings. The van der Waals surface area contributed by atoms with Gasteiger partial charge in [0.1, 0.15) is 0 Å². The predicted octanol–water partition coefficient (Wildman–Crippen LogP) is 2.96. The monoisotopic (exact) mass is 231 g/mol. The minimum atomic E-state index is -0.547. The Morgan fingerprint density at radius 1 is 1.82 bits per heavy atom. The highest BCUT2D eigenvalue weighted by Crippen LogP contribution is 2.23. The summed E-state index contributed by atoms with van der Waals surface area (Å²) in [4.78, 5) is 13.7. The van der Waals surface area contributed by atoms with Gasteiger partial charge < -0.3 is 0 Å². The van der Waals surface area contributed by atoms with Crippen molar-refractivity contribution in [2.75, 3.05) is 0 Å². The fourth-order valence-corrected chi connectivity index (χ4v) is 1.95. The second-order valence-corrected chi connectivity index (χ2v) is 3.36. The van der Waals surface area contributed by atoms with Crippen molar-refractivity contribution in [3.63, 3.8) is 0 Å². The zero-order chi connectivity index (χ0) is 8.27. The second kappa shape index (κ2) is 3.52. The van der Waals surface area contributed by atoms with Crippen molar-refractivity contribution in [1.29, 1.82) is 0 Å². The van der Waals surface area contributed by atoms with Gasteiger partial charge in [0.15, 0.2) is 0 Å². The van der Waals surface area contributed by atoms with E-state index in [0.29, 0.717) is 9.35 Å². The molecule has 0 N–H and O–H groups in total. The normalized spacial score (nSPS) is 8.82. The Kier molecular flexibility index (Phi) is 2.64. The number of nitrogens with zero attached hydrogens (tertiary/aromatic N) is 3. The number of carbonyl (C=O) groups is 1. The lowest BCUT2D eigenvalue weighted by Gasteiger charge is -1.86. The summed E-state index contributed by atoms with van der Waals surface area (Å²) < 4.78 is 0.667. The average molecular weight is 232 g/mol. The van der Waals surface area contributed by atoms with E-state index < -0.39 is 5.91 Å². The molecule has 0 spiro atoms. The van der Waals surface area contributed by atoms with E-state index in [2.05, 4.69) is 26.0 Å². The Bertz CT molecular complexity index is 328. The number of amides is 1. The number of hydrogen-bond acceptors (Lipinski definition) is 2. The molecule has 0 aliphatic heterocycles. The molecule has 0 unspecified atom stereocenters. The Hall–Kier alpha value is -0.840. The lowest BCUT2D eigenvalue weighted by Crippen LogP contribution is -1.88. The topological polar surface area (TPSA) is 65.8 Å². The molecule has 0 bridgehead atoms. The van der Waals surface area contributed by atoms with Crippen molar-refractivity contribution >= 4 is 33.2 Å². The number of hydrogen-bond donors (Lipinski definition) is 0. The number of carbonyl (C=O) groups excluding carboxylic acids is 1. The molecule has 56 valence electrons. The minimum absolute atomic E-state index is 0.433. The van der Waals surface area contributed by atoms with Gasteiger partial charge in [0.2, 0.25) is 0 Å². The molecule has 0 saturated heterocycles. The lowest BCUT2D eigenvalue weighted by atomic mass is 10.5. The minimum Gasteiger partial charge on any atom is -0.286 e. The van der Waals surface area contributed by atoms with Crippen LogP contribution in [-0.4, -0.2) is 5.91 Å². The molecule has 0 fully saturated rings. The summed E-state index contributed by atoms with van der Waals surface area (Å²) in [6.07, 6.45) is 0. The van der Waals surface area contributed by atoms with E-state index >= 15 is 0 Å². The number of thiophene rings is 1. The molecule has 1 aromatic rings. The molecule has 1 heterocycles. The van der Waals surface area contributed by atoms with Gasteiger partial charge in [0.25, 0.3) is 5.91 Å². The quantitative estimate of drug-likeness (QED) is 0.417. The largest absolute Gasteiger partial charge is 0.286 e. The van der Waals surface area contributed by atoms with Crippen LogP contribution in [0.3, 0.4) is 0 Å². The number of rotatable bonds is 1. The fraction of sp³-hybridized carbons (Fsp3) is 0. The van der Waals surface area contributed by atoms with Crippen LogP contribution in [0.4, 0.5) is 0 Å². The van der Waals surface area contributed by atoms with E-state index in [-0.39, 0.29) is 0 Å². The Morgan fingerprint density at radius 2 is 2.55 bits per heavy atom. The first-order valence-electron chi connectivity index (χ1n) is 2.58.